The molecule has 1 fully saturated rings. The molecule has 25 heavy (non-hydrogen) atoms. The molecule has 0 unspecified atom stereocenters. The maximum Gasteiger partial charge on any atom is 0.319 e. The number of rotatable bonds is 5. The SMILES string of the molecule is CCN1CCN(c2ccc(NC(=O)NCc3cc(C)[nH]n3)cc2)CC1. The standard InChI is InChI=1S/C18H26N6O/c1-3-23-8-10-24(11-9-23)17-6-4-15(5-7-17)20-18(25)19-13-16-12-14(2)21-22-16/h4-7,12H,3,8-11,13H2,1-2H3,(H,21,22)(H2,19,20,25). The number of piperazine rings is 1. The van der Waals surface area contributed by atoms with Crippen molar-refractivity contribution in [2.24, 2.45) is 0 Å². The van der Waals surface area contributed by atoms with Crippen molar-refractivity contribution in [1.29, 1.82) is 0 Å². The van der Waals surface area contributed by atoms with Crippen molar-refractivity contribution in [1.82, 2.24) is 20.4 Å². The van der Waals surface area contributed by atoms with Gasteiger partial charge in [-0.2, -0.15) is 5.10 Å². The average molecular weight is 342 g/mol. The molecule has 0 radical (unpaired) electrons. The molecular formula is C18H26N6O. The van der Waals surface area contributed by atoms with E-state index in [0.29, 0.717) is 6.54 Å². The van der Waals surface area contributed by atoms with Crippen molar-refractivity contribution in [3.05, 3.63) is 41.7 Å². The summed E-state index contributed by atoms with van der Waals surface area (Å²) in [5.74, 6) is 0. The number of carbonyl (C=O) groups is 1. The van der Waals surface area contributed by atoms with Gasteiger partial charge in [0.1, 0.15) is 0 Å². The molecule has 134 valence electrons. The van der Waals surface area contributed by atoms with Crippen molar-refractivity contribution in [2.45, 2.75) is 20.4 Å². The summed E-state index contributed by atoms with van der Waals surface area (Å²) in [7, 11) is 0. The largest absolute Gasteiger partial charge is 0.369 e. The van der Waals surface area contributed by atoms with Crippen molar-refractivity contribution in [3.8, 4) is 0 Å². The van der Waals surface area contributed by atoms with Gasteiger partial charge in [-0.05, 0) is 43.8 Å². The van der Waals surface area contributed by atoms with Crippen LogP contribution in [0.1, 0.15) is 18.3 Å². The number of nitrogens with one attached hydrogen (secondary N) is 3. The fraction of sp³-hybridized carbons (Fsp3) is 0.444. The Hall–Kier alpha value is -2.54. The number of benzene rings is 1. The molecule has 0 atom stereocenters. The Bertz CT molecular complexity index is 688. The minimum Gasteiger partial charge on any atom is -0.369 e. The van der Waals surface area contributed by atoms with Crippen LogP contribution in [0.2, 0.25) is 0 Å². The van der Waals surface area contributed by atoms with Crippen LogP contribution in [-0.2, 0) is 6.54 Å². The van der Waals surface area contributed by atoms with Crippen molar-refractivity contribution in [3.63, 3.8) is 0 Å². The monoisotopic (exact) mass is 342 g/mol. The Labute approximate surface area is 148 Å². The summed E-state index contributed by atoms with van der Waals surface area (Å²) in [4.78, 5) is 16.8. The summed E-state index contributed by atoms with van der Waals surface area (Å²) in [5, 5.41) is 12.6. The number of likely N-dealkylation sites (N-methyl/N-ethyl adjacent to an activating group) is 1. The Morgan fingerprint density at radius 3 is 2.52 bits per heavy atom. The molecule has 1 saturated heterocycles. The smallest absolute Gasteiger partial charge is 0.319 e. The Kier molecular flexibility index (Phi) is 5.55. The second-order valence-corrected chi connectivity index (χ2v) is 6.32. The summed E-state index contributed by atoms with van der Waals surface area (Å²) in [6.45, 7) is 9.94. The van der Waals surface area contributed by atoms with Gasteiger partial charge in [0.05, 0.1) is 12.2 Å². The first-order valence-corrected chi connectivity index (χ1v) is 8.77. The topological polar surface area (TPSA) is 76.3 Å². The zero-order valence-electron chi connectivity index (χ0n) is 14.9. The molecule has 3 rings (SSSR count). The minimum atomic E-state index is -0.232. The highest BCUT2D eigenvalue weighted by Gasteiger charge is 2.15. The Morgan fingerprint density at radius 2 is 1.92 bits per heavy atom. The summed E-state index contributed by atoms with van der Waals surface area (Å²) < 4.78 is 0. The molecule has 2 aromatic rings. The quantitative estimate of drug-likeness (QED) is 0.778. The van der Waals surface area contributed by atoms with Gasteiger partial charge in [-0.25, -0.2) is 4.79 Å². The molecule has 1 aromatic carbocycles. The number of aryl methyl sites for hydroxylation is 1. The van der Waals surface area contributed by atoms with E-state index in [1.165, 1.54) is 5.69 Å². The van der Waals surface area contributed by atoms with Gasteiger partial charge in [-0.15, -0.1) is 0 Å². The Morgan fingerprint density at radius 1 is 1.20 bits per heavy atom. The molecule has 0 saturated carbocycles. The van der Waals surface area contributed by atoms with E-state index in [4.69, 9.17) is 0 Å². The van der Waals surface area contributed by atoms with E-state index in [1.807, 2.05) is 25.1 Å². The third-order valence-corrected chi connectivity index (χ3v) is 4.50. The van der Waals surface area contributed by atoms with Gasteiger partial charge in [0.25, 0.3) is 0 Å². The van der Waals surface area contributed by atoms with E-state index >= 15 is 0 Å². The number of carbonyl (C=O) groups excluding carboxylic acids is 1. The van der Waals surface area contributed by atoms with E-state index in [-0.39, 0.29) is 6.03 Å². The lowest BCUT2D eigenvalue weighted by Gasteiger charge is -2.35. The third kappa shape index (κ3) is 4.73. The first kappa shape index (κ1) is 17.3. The predicted molar refractivity (Wildman–Crippen MR) is 100.0 cm³/mol. The van der Waals surface area contributed by atoms with Crippen LogP contribution in [0.25, 0.3) is 0 Å². The molecule has 0 spiro atoms. The van der Waals surface area contributed by atoms with E-state index in [1.54, 1.807) is 0 Å². The minimum absolute atomic E-state index is 0.232. The lowest BCUT2D eigenvalue weighted by molar-refractivity contribution is 0.251. The molecular weight excluding hydrogens is 316 g/mol. The fourth-order valence-corrected chi connectivity index (χ4v) is 2.99. The van der Waals surface area contributed by atoms with E-state index in [0.717, 1.165) is 49.8 Å². The zero-order valence-corrected chi connectivity index (χ0v) is 14.9. The van der Waals surface area contributed by atoms with Crippen molar-refractivity contribution in [2.75, 3.05) is 42.9 Å². The van der Waals surface area contributed by atoms with Crippen LogP contribution in [0.15, 0.2) is 30.3 Å². The second-order valence-electron chi connectivity index (χ2n) is 6.32. The third-order valence-electron chi connectivity index (χ3n) is 4.50. The maximum atomic E-state index is 12.0. The highest BCUT2D eigenvalue weighted by Crippen LogP contribution is 2.19. The van der Waals surface area contributed by atoms with E-state index in [9.17, 15) is 4.79 Å². The van der Waals surface area contributed by atoms with Gasteiger partial charge >= 0.3 is 6.03 Å². The molecule has 0 aliphatic carbocycles. The first-order chi connectivity index (χ1) is 12.1. The lowest BCUT2D eigenvalue weighted by atomic mass is 10.2. The highest BCUT2D eigenvalue weighted by molar-refractivity contribution is 5.89. The van der Waals surface area contributed by atoms with E-state index in [2.05, 4.69) is 49.7 Å². The molecule has 1 aliphatic rings. The summed E-state index contributed by atoms with van der Waals surface area (Å²) in [6, 6.07) is 9.69. The first-order valence-electron chi connectivity index (χ1n) is 8.77. The number of nitrogens with zero attached hydrogens (tertiary/aromatic N) is 3. The van der Waals surface area contributed by atoms with Gasteiger partial charge in [-0.3, -0.25) is 5.10 Å². The fourth-order valence-electron chi connectivity index (χ4n) is 2.99. The normalized spacial score (nSPS) is 15.2. The summed E-state index contributed by atoms with van der Waals surface area (Å²) in [6.07, 6.45) is 0. The van der Waals surface area contributed by atoms with Crippen LogP contribution in [0.5, 0.6) is 0 Å². The molecule has 3 N–H and O–H groups in total. The molecule has 1 aromatic heterocycles. The van der Waals surface area contributed by atoms with Gasteiger partial charge in [0, 0.05) is 43.2 Å². The van der Waals surface area contributed by atoms with Crippen molar-refractivity contribution < 1.29 is 4.79 Å². The second kappa shape index (κ2) is 8.02. The number of urea groups is 1. The van der Waals surface area contributed by atoms with E-state index < -0.39 is 0 Å². The van der Waals surface area contributed by atoms with Crippen LogP contribution in [-0.4, -0.2) is 53.9 Å². The lowest BCUT2D eigenvalue weighted by Crippen LogP contribution is -2.46. The number of amides is 2. The number of hydrogen-bond acceptors (Lipinski definition) is 4. The van der Waals surface area contributed by atoms with Gasteiger partial charge in [0.2, 0.25) is 0 Å². The van der Waals surface area contributed by atoms with Crippen LogP contribution < -0.4 is 15.5 Å². The Balaban J connectivity index is 1.48. The number of anilines is 2. The summed E-state index contributed by atoms with van der Waals surface area (Å²) in [5.41, 5.74) is 3.78. The number of hydrogen-bond donors (Lipinski definition) is 3. The molecule has 2 heterocycles. The molecule has 7 heteroatoms. The van der Waals surface area contributed by atoms with Crippen LogP contribution in [0.3, 0.4) is 0 Å². The van der Waals surface area contributed by atoms with Crippen LogP contribution in [0, 0.1) is 6.92 Å². The van der Waals surface area contributed by atoms with Gasteiger partial charge in [-0.1, -0.05) is 6.92 Å². The highest BCUT2D eigenvalue weighted by atomic mass is 16.2. The number of H-pyrrole nitrogens is 1. The molecule has 0 bridgehead atoms. The number of aromatic nitrogens is 2. The average Bonchev–Trinajstić information content (AvgIpc) is 3.06. The zero-order chi connectivity index (χ0) is 17.6. The van der Waals surface area contributed by atoms with Crippen LogP contribution >= 0.6 is 0 Å². The predicted octanol–water partition coefficient (Wildman–Crippen LogP) is 2.18. The van der Waals surface area contributed by atoms with Crippen molar-refractivity contribution >= 4 is 17.4 Å². The van der Waals surface area contributed by atoms with Crippen LogP contribution in [0.4, 0.5) is 16.2 Å². The number of aromatic amines is 1. The molecule has 1 aliphatic heterocycles. The molecule has 7 nitrogen and oxygen atoms in total. The van der Waals surface area contributed by atoms with Gasteiger partial charge in [0.15, 0.2) is 0 Å². The molecule has 2 amide bonds. The van der Waals surface area contributed by atoms with Gasteiger partial charge < -0.3 is 20.4 Å². The summed E-state index contributed by atoms with van der Waals surface area (Å²) >= 11 is 0. The maximum absolute atomic E-state index is 12.0.